The Balaban J connectivity index is 1.52. The maximum absolute atomic E-state index is 13.2. The Bertz CT molecular complexity index is 1400. The topological polar surface area (TPSA) is 82.6 Å². The lowest BCUT2D eigenvalue weighted by Crippen LogP contribution is -2.31. The van der Waals surface area contributed by atoms with Crippen molar-refractivity contribution < 1.29 is 19.4 Å². The number of hydrogen-bond donors (Lipinski definition) is 2. The number of rotatable bonds is 7. The first-order valence-corrected chi connectivity index (χ1v) is 11.7. The van der Waals surface area contributed by atoms with E-state index in [1.165, 1.54) is 0 Å². The maximum Gasteiger partial charge on any atom is 0.295 e. The van der Waals surface area contributed by atoms with Crippen LogP contribution in [0.2, 0.25) is 0 Å². The van der Waals surface area contributed by atoms with Gasteiger partial charge in [-0.3, -0.25) is 9.59 Å². The van der Waals surface area contributed by atoms with Gasteiger partial charge >= 0.3 is 0 Å². The summed E-state index contributed by atoms with van der Waals surface area (Å²) in [5.41, 5.74) is 3.44. The molecule has 1 aliphatic heterocycles. The standard InChI is InChI=1S/C29H26N2O4/c1-2-35-22-14-12-20(13-15-22)27(32)25-26(19-8-4-3-5-9-19)31(29(34)28(25)33)17-16-21-18-30-24-11-7-6-10-23(21)24/h3-15,18,26,30,32H,2,16-17H2,1H3/t26-/m1/s1. The van der Waals surface area contributed by atoms with Crippen molar-refractivity contribution >= 4 is 28.4 Å². The van der Waals surface area contributed by atoms with Crippen molar-refractivity contribution in [1.29, 1.82) is 0 Å². The molecule has 6 heteroatoms. The van der Waals surface area contributed by atoms with Crippen LogP contribution in [0.3, 0.4) is 0 Å². The van der Waals surface area contributed by atoms with Crippen molar-refractivity contribution in [2.24, 2.45) is 0 Å². The first-order valence-electron chi connectivity index (χ1n) is 11.7. The number of aromatic nitrogens is 1. The second-order valence-electron chi connectivity index (χ2n) is 8.47. The van der Waals surface area contributed by atoms with Gasteiger partial charge in [-0.2, -0.15) is 0 Å². The van der Waals surface area contributed by atoms with Crippen LogP contribution in [0.4, 0.5) is 0 Å². The molecule has 1 aromatic heterocycles. The van der Waals surface area contributed by atoms with E-state index < -0.39 is 17.7 Å². The minimum absolute atomic E-state index is 0.101. The van der Waals surface area contributed by atoms with Gasteiger partial charge in [-0.25, -0.2) is 0 Å². The maximum atomic E-state index is 13.2. The number of ether oxygens (including phenoxy) is 1. The van der Waals surface area contributed by atoms with E-state index in [9.17, 15) is 14.7 Å². The van der Waals surface area contributed by atoms with Crippen LogP contribution >= 0.6 is 0 Å². The third-order valence-corrected chi connectivity index (χ3v) is 6.39. The van der Waals surface area contributed by atoms with Crippen molar-refractivity contribution in [3.63, 3.8) is 0 Å². The summed E-state index contributed by atoms with van der Waals surface area (Å²) in [4.78, 5) is 31.2. The Morgan fingerprint density at radius 2 is 1.69 bits per heavy atom. The van der Waals surface area contributed by atoms with Gasteiger partial charge in [0.2, 0.25) is 0 Å². The summed E-state index contributed by atoms with van der Waals surface area (Å²) < 4.78 is 5.48. The number of aliphatic hydroxyl groups is 1. The average Bonchev–Trinajstić information content (AvgIpc) is 3.42. The molecule has 0 bridgehead atoms. The highest BCUT2D eigenvalue weighted by Crippen LogP contribution is 2.39. The van der Waals surface area contributed by atoms with Crippen molar-refractivity contribution in [2.75, 3.05) is 13.2 Å². The number of para-hydroxylation sites is 1. The van der Waals surface area contributed by atoms with Crippen molar-refractivity contribution in [3.05, 3.63) is 107 Å². The number of likely N-dealkylation sites (tertiary alicyclic amines) is 1. The Morgan fingerprint density at radius 1 is 0.971 bits per heavy atom. The van der Waals surface area contributed by atoms with E-state index in [1.54, 1.807) is 29.2 Å². The van der Waals surface area contributed by atoms with Crippen LogP contribution < -0.4 is 4.74 Å². The summed E-state index contributed by atoms with van der Waals surface area (Å²) in [6, 6.07) is 23.6. The highest BCUT2D eigenvalue weighted by molar-refractivity contribution is 6.46. The van der Waals surface area contributed by atoms with Gasteiger partial charge in [0.1, 0.15) is 11.5 Å². The Labute approximate surface area is 203 Å². The molecule has 0 unspecified atom stereocenters. The van der Waals surface area contributed by atoms with Gasteiger partial charge in [0.25, 0.3) is 11.7 Å². The van der Waals surface area contributed by atoms with E-state index in [2.05, 4.69) is 4.98 Å². The number of amides is 1. The minimum Gasteiger partial charge on any atom is -0.507 e. The molecule has 1 saturated heterocycles. The zero-order valence-electron chi connectivity index (χ0n) is 19.4. The van der Waals surface area contributed by atoms with Gasteiger partial charge in [-0.05, 0) is 54.8 Å². The lowest BCUT2D eigenvalue weighted by Gasteiger charge is -2.25. The summed E-state index contributed by atoms with van der Waals surface area (Å²) in [5, 5.41) is 12.3. The fourth-order valence-electron chi connectivity index (χ4n) is 4.70. The van der Waals surface area contributed by atoms with E-state index in [-0.39, 0.29) is 11.3 Å². The number of hydrogen-bond acceptors (Lipinski definition) is 4. The van der Waals surface area contributed by atoms with Crippen molar-refractivity contribution in [3.8, 4) is 5.75 Å². The average molecular weight is 467 g/mol. The number of aromatic amines is 1. The van der Waals surface area contributed by atoms with E-state index in [0.717, 1.165) is 22.0 Å². The number of nitrogens with zero attached hydrogens (tertiary/aromatic N) is 1. The van der Waals surface area contributed by atoms with Gasteiger partial charge in [0.05, 0.1) is 18.2 Å². The largest absolute Gasteiger partial charge is 0.507 e. The smallest absolute Gasteiger partial charge is 0.295 e. The number of nitrogens with one attached hydrogen (secondary N) is 1. The van der Waals surface area contributed by atoms with Gasteiger partial charge in [0.15, 0.2) is 0 Å². The van der Waals surface area contributed by atoms with Gasteiger partial charge in [0, 0.05) is 29.2 Å². The molecular formula is C29H26N2O4. The van der Waals surface area contributed by atoms with E-state index in [1.807, 2.05) is 67.7 Å². The number of ketones is 1. The van der Waals surface area contributed by atoms with E-state index in [0.29, 0.717) is 30.9 Å². The Kier molecular flexibility index (Phi) is 6.10. The molecule has 0 radical (unpaired) electrons. The molecule has 35 heavy (non-hydrogen) atoms. The monoisotopic (exact) mass is 466 g/mol. The molecule has 1 aliphatic rings. The predicted octanol–water partition coefficient (Wildman–Crippen LogP) is 5.23. The summed E-state index contributed by atoms with van der Waals surface area (Å²) >= 11 is 0. The molecule has 4 aromatic rings. The fraction of sp³-hybridized carbons (Fsp3) is 0.172. The Hall–Kier alpha value is -4.32. The third kappa shape index (κ3) is 4.19. The molecule has 6 nitrogen and oxygen atoms in total. The van der Waals surface area contributed by atoms with Crippen LogP contribution in [0.1, 0.15) is 29.7 Å². The molecule has 1 atom stereocenters. The first-order chi connectivity index (χ1) is 17.1. The molecule has 2 heterocycles. The van der Waals surface area contributed by atoms with E-state index >= 15 is 0 Å². The molecule has 2 N–H and O–H groups in total. The molecule has 3 aromatic carbocycles. The molecule has 0 saturated carbocycles. The molecular weight excluding hydrogens is 440 g/mol. The molecule has 1 amide bonds. The minimum atomic E-state index is -0.677. The molecule has 5 rings (SSSR count). The van der Waals surface area contributed by atoms with Crippen molar-refractivity contribution in [1.82, 2.24) is 9.88 Å². The number of fused-ring (bicyclic) bond motifs is 1. The highest BCUT2D eigenvalue weighted by Gasteiger charge is 2.45. The van der Waals surface area contributed by atoms with Crippen LogP contribution in [0, 0.1) is 0 Å². The SMILES string of the molecule is CCOc1ccc(C(O)=C2C(=O)C(=O)N(CCc3c[nH]c4ccccc34)[C@@H]2c2ccccc2)cc1. The predicted molar refractivity (Wildman–Crippen MR) is 135 cm³/mol. The molecule has 0 aliphatic carbocycles. The summed E-state index contributed by atoms with van der Waals surface area (Å²) in [6.45, 7) is 2.76. The number of Topliss-reactive ketones (excluding diaryl/α,β-unsaturated/α-hetero) is 1. The zero-order chi connectivity index (χ0) is 24.4. The highest BCUT2D eigenvalue weighted by atomic mass is 16.5. The second-order valence-corrected chi connectivity index (χ2v) is 8.47. The third-order valence-electron chi connectivity index (χ3n) is 6.39. The number of benzene rings is 3. The van der Waals surface area contributed by atoms with Crippen LogP contribution in [0.15, 0.2) is 90.6 Å². The normalized spacial score (nSPS) is 17.3. The van der Waals surface area contributed by atoms with Crippen LogP contribution in [0.25, 0.3) is 16.7 Å². The number of carbonyl (C=O) groups is 2. The van der Waals surface area contributed by atoms with E-state index in [4.69, 9.17) is 4.74 Å². The quantitative estimate of drug-likeness (QED) is 0.222. The first kappa shape index (κ1) is 22.5. The lowest BCUT2D eigenvalue weighted by molar-refractivity contribution is -0.139. The second kappa shape index (κ2) is 9.50. The number of H-pyrrole nitrogens is 1. The van der Waals surface area contributed by atoms with Crippen LogP contribution in [-0.2, 0) is 16.0 Å². The molecule has 176 valence electrons. The summed E-state index contributed by atoms with van der Waals surface area (Å²) in [7, 11) is 0. The van der Waals surface area contributed by atoms with Crippen molar-refractivity contribution in [2.45, 2.75) is 19.4 Å². The van der Waals surface area contributed by atoms with Crippen LogP contribution in [0.5, 0.6) is 5.75 Å². The Morgan fingerprint density at radius 3 is 2.43 bits per heavy atom. The fourth-order valence-corrected chi connectivity index (χ4v) is 4.70. The lowest BCUT2D eigenvalue weighted by atomic mass is 9.95. The van der Waals surface area contributed by atoms with Gasteiger partial charge in [-0.1, -0.05) is 48.5 Å². The van der Waals surface area contributed by atoms with Gasteiger partial charge < -0.3 is 19.7 Å². The molecule has 1 fully saturated rings. The van der Waals surface area contributed by atoms with Crippen LogP contribution in [-0.4, -0.2) is 39.8 Å². The van der Waals surface area contributed by atoms with Gasteiger partial charge in [-0.15, -0.1) is 0 Å². The summed E-state index contributed by atoms with van der Waals surface area (Å²) in [5.74, 6) is -0.798. The summed E-state index contributed by atoms with van der Waals surface area (Å²) in [6.07, 6.45) is 2.52. The molecule has 0 spiro atoms. The zero-order valence-corrected chi connectivity index (χ0v) is 19.4. The number of carbonyl (C=O) groups excluding carboxylic acids is 2. The number of aliphatic hydroxyl groups excluding tert-OH is 1.